The van der Waals surface area contributed by atoms with Gasteiger partial charge in [-0.2, -0.15) is 4.98 Å². The lowest BCUT2D eigenvalue weighted by molar-refractivity contribution is 0.0833. The van der Waals surface area contributed by atoms with Gasteiger partial charge in [-0.15, -0.1) is 0 Å². The van der Waals surface area contributed by atoms with Crippen LogP contribution in [0.5, 0.6) is 11.8 Å². The van der Waals surface area contributed by atoms with Crippen LogP contribution < -0.4 is 15.4 Å². The number of aliphatic hydroxyl groups is 1. The number of nitrogens with one attached hydrogen (secondary N) is 2. The van der Waals surface area contributed by atoms with Crippen LogP contribution in [0.3, 0.4) is 0 Å². The molecule has 9 heteroatoms. The Bertz CT molecular complexity index is 1050. The number of rotatable bonds is 12. The summed E-state index contributed by atoms with van der Waals surface area (Å²) in [5.74, 6) is 0.730. The fourth-order valence-corrected chi connectivity index (χ4v) is 3.38. The Morgan fingerprint density at radius 2 is 1.94 bits per heavy atom. The third kappa shape index (κ3) is 6.71. The second kappa shape index (κ2) is 12.2. The Balaban J connectivity index is 1.93. The molecular weight excluding hydrogens is 444 g/mol. The molecule has 3 N–H and O–H groups in total. The van der Waals surface area contributed by atoms with Crippen molar-refractivity contribution in [1.82, 2.24) is 14.9 Å². The molecule has 0 fully saturated rings. The minimum absolute atomic E-state index is 0.0638. The summed E-state index contributed by atoms with van der Waals surface area (Å²) in [5, 5.41) is 15.3. The summed E-state index contributed by atoms with van der Waals surface area (Å²) in [4.78, 5) is 17.6. The molecule has 1 heterocycles. The van der Waals surface area contributed by atoms with Crippen LogP contribution in [0.25, 0.3) is 0 Å². The molecule has 0 atom stereocenters. The van der Waals surface area contributed by atoms with Crippen molar-refractivity contribution in [3.8, 4) is 11.8 Å². The van der Waals surface area contributed by atoms with Crippen molar-refractivity contribution in [2.24, 2.45) is 0 Å². The first-order chi connectivity index (χ1) is 16.0. The van der Waals surface area contributed by atoms with Crippen molar-refractivity contribution >= 4 is 23.3 Å². The maximum absolute atomic E-state index is 13.1. The third-order valence-electron chi connectivity index (χ3n) is 4.92. The highest BCUT2D eigenvalue weighted by atomic mass is 35.5. The van der Waals surface area contributed by atoms with Gasteiger partial charge in [-0.05, 0) is 41.8 Å². The molecule has 0 aliphatic rings. The van der Waals surface area contributed by atoms with Gasteiger partial charge >= 0.3 is 6.01 Å². The molecule has 1 amide bonds. The third-order valence-corrected chi connectivity index (χ3v) is 5.17. The topological polar surface area (TPSA) is 97.6 Å². The van der Waals surface area contributed by atoms with Gasteiger partial charge in [-0.3, -0.25) is 9.36 Å². The molecule has 8 nitrogen and oxygen atoms in total. The summed E-state index contributed by atoms with van der Waals surface area (Å²) in [7, 11) is 1.71. The Morgan fingerprint density at radius 1 is 1.15 bits per heavy atom. The van der Waals surface area contributed by atoms with Gasteiger partial charge in [-0.25, -0.2) is 0 Å². The zero-order valence-electron chi connectivity index (χ0n) is 18.8. The molecule has 33 heavy (non-hydrogen) atoms. The fraction of sp³-hybridized carbons (Fsp3) is 0.333. The number of benzene rings is 2. The molecular formula is C24H29ClN4O4. The van der Waals surface area contributed by atoms with E-state index >= 15 is 0 Å². The molecule has 3 rings (SSSR count). The maximum Gasteiger partial charge on any atom is 0.304 e. The minimum atomic E-state index is -0.314. The predicted molar refractivity (Wildman–Crippen MR) is 128 cm³/mol. The Kier molecular flexibility index (Phi) is 9.12. The van der Waals surface area contributed by atoms with Crippen molar-refractivity contribution in [3.63, 3.8) is 0 Å². The smallest absolute Gasteiger partial charge is 0.304 e. The first-order valence-electron chi connectivity index (χ1n) is 10.8. The summed E-state index contributed by atoms with van der Waals surface area (Å²) < 4.78 is 13.1. The molecule has 1 aromatic heterocycles. The highest BCUT2D eigenvalue weighted by molar-refractivity contribution is 6.30. The molecule has 0 aliphatic carbocycles. The number of aromatic nitrogens is 2. The summed E-state index contributed by atoms with van der Waals surface area (Å²) in [6.07, 6.45) is 0.879. The number of aliphatic hydroxyl groups excluding tert-OH is 1. The number of ether oxygens (including phenoxy) is 2. The van der Waals surface area contributed by atoms with Crippen molar-refractivity contribution < 1.29 is 19.4 Å². The van der Waals surface area contributed by atoms with Crippen LogP contribution in [-0.2, 0) is 17.7 Å². The van der Waals surface area contributed by atoms with E-state index in [1.54, 1.807) is 23.7 Å². The quantitative estimate of drug-likeness (QED) is 0.347. The molecule has 0 unspecified atom stereocenters. The standard InChI is InChI=1S/C24H29ClN4O4/c1-3-17-5-4-6-20(15-17)33-24-28-22(26-2)21(23(31)27-11-13-32-14-12-30)29(24)16-18-7-9-19(25)10-8-18/h4-10,15,26,30H,3,11-14,16H2,1-2H3,(H,27,31). The molecule has 0 bridgehead atoms. The van der Waals surface area contributed by atoms with Crippen LogP contribution >= 0.6 is 11.6 Å². The molecule has 0 saturated carbocycles. The first kappa shape index (κ1) is 24.6. The van der Waals surface area contributed by atoms with E-state index in [1.165, 1.54) is 0 Å². The van der Waals surface area contributed by atoms with Crippen LogP contribution in [0.1, 0.15) is 28.5 Å². The van der Waals surface area contributed by atoms with Gasteiger partial charge in [0.25, 0.3) is 5.91 Å². The van der Waals surface area contributed by atoms with Gasteiger partial charge in [0.05, 0.1) is 26.4 Å². The predicted octanol–water partition coefficient (Wildman–Crippen LogP) is 3.72. The Morgan fingerprint density at radius 3 is 2.64 bits per heavy atom. The average Bonchev–Trinajstić information content (AvgIpc) is 3.17. The molecule has 3 aromatic rings. The number of imidazole rings is 1. The number of hydrogen-bond donors (Lipinski definition) is 3. The molecule has 2 aromatic carbocycles. The van der Waals surface area contributed by atoms with Crippen molar-refractivity contribution in [3.05, 3.63) is 70.4 Å². The Hall–Kier alpha value is -3.07. The molecule has 0 saturated heterocycles. The number of carbonyl (C=O) groups is 1. The van der Waals surface area contributed by atoms with E-state index in [-0.39, 0.29) is 19.1 Å². The summed E-state index contributed by atoms with van der Waals surface area (Å²) >= 11 is 6.04. The Labute approximate surface area is 198 Å². The first-order valence-corrected chi connectivity index (χ1v) is 11.2. The van der Waals surface area contributed by atoms with E-state index in [0.717, 1.165) is 17.5 Å². The van der Waals surface area contributed by atoms with Crippen molar-refractivity contribution in [2.45, 2.75) is 19.9 Å². The van der Waals surface area contributed by atoms with Crippen molar-refractivity contribution in [2.75, 3.05) is 38.7 Å². The molecule has 176 valence electrons. The minimum Gasteiger partial charge on any atom is -0.425 e. The largest absolute Gasteiger partial charge is 0.425 e. The number of halogens is 1. The molecule has 0 spiro atoms. The average molecular weight is 473 g/mol. The van der Waals surface area contributed by atoms with Gasteiger partial charge in [0.1, 0.15) is 5.75 Å². The highest BCUT2D eigenvalue weighted by Gasteiger charge is 2.24. The van der Waals surface area contributed by atoms with Crippen LogP contribution in [0.2, 0.25) is 5.02 Å². The summed E-state index contributed by atoms with van der Waals surface area (Å²) in [6, 6.07) is 15.5. The number of anilines is 1. The van der Waals surface area contributed by atoms with E-state index in [9.17, 15) is 4.79 Å². The lowest BCUT2D eigenvalue weighted by Gasteiger charge is -2.13. The van der Waals surface area contributed by atoms with Gasteiger partial charge in [-0.1, -0.05) is 42.8 Å². The van der Waals surface area contributed by atoms with Gasteiger partial charge in [0.2, 0.25) is 0 Å². The van der Waals surface area contributed by atoms with Crippen LogP contribution in [-0.4, -0.2) is 54.0 Å². The zero-order valence-corrected chi connectivity index (χ0v) is 19.6. The zero-order chi connectivity index (χ0) is 23.6. The number of hydrogen-bond acceptors (Lipinski definition) is 6. The van der Waals surface area contributed by atoms with Crippen LogP contribution in [0.15, 0.2) is 48.5 Å². The number of nitrogens with zero attached hydrogens (tertiary/aromatic N) is 2. The van der Waals surface area contributed by atoms with E-state index in [2.05, 4.69) is 22.5 Å². The number of aryl methyl sites for hydroxylation is 1. The lowest BCUT2D eigenvalue weighted by atomic mass is 10.2. The van der Waals surface area contributed by atoms with Gasteiger partial charge < -0.3 is 25.2 Å². The van der Waals surface area contributed by atoms with Gasteiger partial charge in [0, 0.05) is 18.6 Å². The summed E-state index contributed by atoms with van der Waals surface area (Å²) in [5.41, 5.74) is 2.42. The second-order valence-electron chi connectivity index (χ2n) is 7.25. The van der Waals surface area contributed by atoms with E-state index in [0.29, 0.717) is 48.0 Å². The normalized spacial score (nSPS) is 10.8. The number of amides is 1. The second-order valence-corrected chi connectivity index (χ2v) is 7.69. The van der Waals surface area contributed by atoms with Crippen LogP contribution in [0.4, 0.5) is 5.82 Å². The van der Waals surface area contributed by atoms with Crippen LogP contribution in [0, 0.1) is 0 Å². The van der Waals surface area contributed by atoms with E-state index < -0.39 is 0 Å². The SMILES string of the molecule is CCc1cccc(Oc2nc(NC)c(C(=O)NCCOCCO)n2Cc2ccc(Cl)cc2)c1. The molecule has 0 radical (unpaired) electrons. The van der Waals surface area contributed by atoms with Gasteiger partial charge in [0.15, 0.2) is 11.5 Å². The monoisotopic (exact) mass is 472 g/mol. The summed E-state index contributed by atoms with van der Waals surface area (Å²) in [6.45, 7) is 3.18. The highest BCUT2D eigenvalue weighted by Crippen LogP contribution is 2.29. The molecule has 0 aliphatic heterocycles. The number of carbonyl (C=O) groups excluding carboxylic acids is 1. The van der Waals surface area contributed by atoms with E-state index in [4.69, 9.17) is 26.2 Å². The van der Waals surface area contributed by atoms with E-state index in [1.807, 2.05) is 36.4 Å². The van der Waals surface area contributed by atoms with Crippen molar-refractivity contribution in [1.29, 1.82) is 0 Å². The fourth-order valence-electron chi connectivity index (χ4n) is 3.26. The maximum atomic E-state index is 13.1. The lowest BCUT2D eigenvalue weighted by Crippen LogP contribution is -2.30.